The van der Waals surface area contributed by atoms with Gasteiger partial charge < -0.3 is 34.1 Å². The van der Waals surface area contributed by atoms with E-state index >= 15 is 0 Å². The summed E-state index contributed by atoms with van der Waals surface area (Å²) in [7, 11) is 0. The highest BCUT2D eigenvalue weighted by molar-refractivity contribution is 5.87. The van der Waals surface area contributed by atoms with Gasteiger partial charge in [-0.25, -0.2) is 0 Å². The lowest BCUT2D eigenvalue weighted by Crippen LogP contribution is -2.10. The van der Waals surface area contributed by atoms with Gasteiger partial charge in [0.25, 0.3) is 0 Å². The van der Waals surface area contributed by atoms with E-state index in [1.807, 2.05) is 84.9 Å². The molecule has 0 N–H and O–H groups in total. The van der Waals surface area contributed by atoms with Gasteiger partial charge in [-0.15, -0.1) is 0 Å². The molecule has 0 radical (unpaired) electrons. The highest BCUT2D eigenvalue weighted by Crippen LogP contribution is 2.45. The topological polar surface area (TPSA) is 28.7 Å². The van der Waals surface area contributed by atoms with E-state index in [1.54, 1.807) is 12.1 Å². The molecule has 0 unspecified atom stereocenters. The zero-order valence-electron chi connectivity index (χ0n) is 65.1. The van der Waals surface area contributed by atoms with Crippen molar-refractivity contribution in [3.8, 4) is 56.0 Å². The van der Waals surface area contributed by atoms with Crippen LogP contribution in [0.1, 0.15) is 2.74 Å². The van der Waals surface area contributed by atoms with Crippen molar-refractivity contribution in [3.05, 3.63) is 485 Å². The Hall–Kier alpha value is -15.4. The molecular weight excluding hydrogens is 1400 g/mol. The molecule has 7 nitrogen and oxygen atoms in total. The first-order chi connectivity index (χ1) is 57.8. The normalized spacial score (nSPS) is 11.2. The van der Waals surface area contributed by atoms with Gasteiger partial charge in [-0.05, 0) is 287 Å². The fourth-order valence-electron chi connectivity index (χ4n) is 15.1. The van der Waals surface area contributed by atoms with Gasteiger partial charge in [0.15, 0.2) is 0 Å². The molecule has 0 heterocycles. The van der Waals surface area contributed by atoms with Gasteiger partial charge in [0.2, 0.25) is 0 Å². The van der Waals surface area contributed by atoms with E-state index in [0.717, 1.165) is 147 Å². The van der Waals surface area contributed by atoms with E-state index in [1.165, 1.54) is 0 Å². The molecule has 548 valence electrons. The van der Waals surface area contributed by atoms with Crippen LogP contribution in [0, 0.1) is 0 Å². The first-order valence-corrected chi connectivity index (χ1v) is 38.8. The average Bonchev–Trinajstić information content (AvgIpc) is 0.790. The Morgan fingerprint density at radius 3 is 0.391 bits per heavy atom. The maximum Gasteiger partial charge on any atom is 0.127 e. The molecule has 18 rings (SSSR count). The largest absolute Gasteiger partial charge is 0.457 e. The number of hydrogen-bond acceptors (Lipinski definition) is 7. The summed E-state index contributed by atoms with van der Waals surface area (Å²) in [5.74, 6) is 1.40. The molecule has 0 aliphatic carbocycles. The van der Waals surface area contributed by atoms with Crippen molar-refractivity contribution < 1.29 is 7.48 Å². The van der Waals surface area contributed by atoms with Gasteiger partial charge >= 0.3 is 0 Å². The van der Waals surface area contributed by atoms with Crippen molar-refractivity contribution in [2.24, 2.45) is 0 Å². The van der Waals surface area contributed by atoms with Gasteiger partial charge in [0.1, 0.15) is 11.5 Å². The molecule has 0 atom stereocenters. The Kier molecular flexibility index (Phi) is 20.0. The van der Waals surface area contributed by atoms with Gasteiger partial charge in [-0.2, -0.15) is 0 Å². The minimum absolute atomic E-state index is 0.458. The first-order valence-electron chi connectivity index (χ1n) is 39.8. The molecule has 0 aromatic heterocycles. The van der Waals surface area contributed by atoms with E-state index in [4.69, 9.17) is 7.48 Å². The molecule has 115 heavy (non-hydrogen) atoms. The number of anilines is 18. The summed E-state index contributed by atoms with van der Waals surface area (Å²) in [5, 5.41) is 0. The molecule has 0 amide bonds. The maximum absolute atomic E-state index is 8.44. The molecule has 0 saturated carbocycles. The minimum atomic E-state index is 0.458. The Morgan fingerprint density at radius 1 is 0.122 bits per heavy atom. The second-order valence-electron chi connectivity index (χ2n) is 28.0. The number of rotatable bonds is 24. The lowest BCUT2D eigenvalue weighted by molar-refractivity contribution is 0.483. The summed E-state index contributed by atoms with van der Waals surface area (Å²) < 4.78 is 23.7. The SMILES string of the molecule is [3H]c1cccc(N(c2ccccc2)c2ccc(-c3ccc(N(c4ccc(Oc5ccc(N(c6ccc(-c7ccc(N(c8ccccc8)c8ccccc8)cc7)cc6)c6ccc(-c7ccc(N(c8ccccc8)c8cccc([3H])c8)cc7)cc6)cc5)cc4)c4ccc(-c5ccc(N(c6ccccc6)c6ccccc6)cc5)cc4)cc3)cc2)c1. The van der Waals surface area contributed by atoms with Crippen LogP contribution in [0.15, 0.2) is 485 Å². The van der Waals surface area contributed by atoms with E-state index < -0.39 is 0 Å². The van der Waals surface area contributed by atoms with Crippen molar-refractivity contribution in [2.75, 3.05) is 29.4 Å². The Bertz CT molecular complexity index is 5810. The van der Waals surface area contributed by atoms with Crippen LogP contribution >= 0.6 is 0 Å². The average molecular weight is 1480 g/mol. The monoisotopic (exact) mass is 1480 g/mol. The lowest BCUT2D eigenvalue weighted by atomic mass is 10.0. The number of benzene rings is 18. The van der Waals surface area contributed by atoms with Gasteiger partial charge in [-0.3, -0.25) is 0 Å². The Labute approximate surface area is 676 Å². The molecule has 18 aromatic carbocycles. The summed E-state index contributed by atoms with van der Waals surface area (Å²) in [4.78, 5) is 13.5. The molecule has 0 aliphatic heterocycles. The minimum Gasteiger partial charge on any atom is -0.457 e. The van der Waals surface area contributed by atoms with E-state index in [-0.39, 0.29) is 0 Å². The van der Waals surface area contributed by atoms with Gasteiger partial charge in [0, 0.05) is 102 Å². The number of para-hydroxylation sites is 8. The Balaban J connectivity index is 0.635. The summed E-state index contributed by atoms with van der Waals surface area (Å²) in [5.41, 5.74) is 27.1. The zero-order chi connectivity index (χ0) is 78.6. The van der Waals surface area contributed by atoms with E-state index in [0.29, 0.717) is 23.6 Å². The molecule has 0 fully saturated rings. The second-order valence-corrected chi connectivity index (χ2v) is 28.0. The first kappa shape index (κ1) is 68.8. The second kappa shape index (κ2) is 33.4. The van der Waals surface area contributed by atoms with Crippen molar-refractivity contribution in [1.82, 2.24) is 0 Å². The predicted molar refractivity (Wildman–Crippen MR) is 483 cm³/mol. The lowest BCUT2D eigenvalue weighted by Gasteiger charge is -2.27. The predicted octanol–water partition coefficient (Wildman–Crippen LogP) is 31.0. The standard InChI is InChI=1S/C108H80N6O/c1-9-25-89(26-10-1)109(90-27-11-2-12-28-90)97-57-41-81(42-58-97)85-49-65-101(66-50-85)113(102-67-51-86(52-68-102)82-43-59-98(60-44-82)110(91-29-13-3-14-30-91)92-31-15-4-16-32-92)105-73-77-107(78-74-105)115-108-79-75-106(76-80-108)114(103-69-53-87(54-70-103)83-45-61-99(62-46-83)111(93-33-17-5-18-34-93)94-35-19-6-20-36-94)104-71-55-88(56-72-104)84-47-63-100(64-48-84)112(95-37-21-7-22-38-95)96-39-23-8-24-40-96/h1-80H/i9T,17T. The quantitative estimate of drug-likeness (QED) is 0.0595. The van der Waals surface area contributed by atoms with Crippen LogP contribution < -0.4 is 34.1 Å². The summed E-state index contributed by atoms with van der Waals surface area (Å²) in [6, 6.07) is 166. The third kappa shape index (κ3) is 15.9. The van der Waals surface area contributed by atoms with Crippen LogP contribution in [0.4, 0.5) is 102 Å². The molecular formula is C108H80N6O. The van der Waals surface area contributed by atoms with E-state index in [9.17, 15) is 0 Å². The third-order valence-corrected chi connectivity index (χ3v) is 20.7. The van der Waals surface area contributed by atoms with Crippen LogP contribution in [-0.2, 0) is 0 Å². The fourth-order valence-corrected chi connectivity index (χ4v) is 15.1. The van der Waals surface area contributed by atoms with E-state index in [2.05, 4.69) is 406 Å². The van der Waals surface area contributed by atoms with Crippen molar-refractivity contribution in [2.45, 2.75) is 0 Å². The van der Waals surface area contributed by atoms with Crippen LogP contribution in [0.2, 0.25) is 0 Å². The number of ether oxygens (including phenoxy) is 1. The highest BCUT2D eigenvalue weighted by atomic mass is 16.5. The summed E-state index contributed by atoms with van der Waals surface area (Å²) in [6.07, 6.45) is 0. The number of hydrogen-bond donors (Lipinski definition) is 0. The molecule has 0 spiro atoms. The van der Waals surface area contributed by atoms with Crippen LogP contribution in [-0.4, -0.2) is 0 Å². The smallest absolute Gasteiger partial charge is 0.127 e. The summed E-state index contributed by atoms with van der Waals surface area (Å²) >= 11 is 0. The highest BCUT2D eigenvalue weighted by Gasteiger charge is 2.21. The fraction of sp³-hybridized carbons (Fsp3) is 0. The van der Waals surface area contributed by atoms with Crippen LogP contribution in [0.3, 0.4) is 0 Å². The van der Waals surface area contributed by atoms with Crippen LogP contribution in [0.5, 0.6) is 11.5 Å². The van der Waals surface area contributed by atoms with Crippen molar-refractivity contribution in [3.63, 3.8) is 0 Å². The van der Waals surface area contributed by atoms with Crippen LogP contribution in [0.25, 0.3) is 44.5 Å². The molecule has 18 aromatic rings. The maximum atomic E-state index is 8.44. The zero-order valence-corrected chi connectivity index (χ0v) is 63.1. The van der Waals surface area contributed by atoms with Gasteiger partial charge in [0.05, 0.1) is 2.74 Å². The van der Waals surface area contributed by atoms with Crippen molar-refractivity contribution in [1.29, 1.82) is 0 Å². The Morgan fingerprint density at radius 2 is 0.243 bits per heavy atom. The molecule has 7 heteroatoms. The third-order valence-electron chi connectivity index (χ3n) is 20.7. The molecule has 0 bridgehead atoms. The summed E-state index contributed by atoms with van der Waals surface area (Å²) in [6.45, 7) is 0. The molecule has 0 aliphatic rings. The molecule has 0 saturated heterocycles. The van der Waals surface area contributed by atoms with Gasteiger partial charge in [-0.1, -0.05) is 243 Å². The number of nitrogens with zero attached hydrogens (tertiary/aromatic N) is 6. The van der Waals surface area contributed by atoms with Crippen molar-refractivity contribution >= 4 is 102 Å².